The lowest BCUT2D eigenvalue weighted by Gasteiger charge is -2.22. The highest BCUT2D eigenvalue weighted by atomic mass is 32.1. The summed E-state index contributed by atoms with van der Waals surface area (Å²) in [4.78, 5) is 31.4. The fourth-order valence-corrected chi connectivity index (χ4v) is 3.94. The van der Waals surface area contributed by atoms with Crippen LogP contribution in [0.25, 0.3) is 4.96 Å². The molecular formula is C18H17N3O3S. The molecule has 128 valence electrons. The maximum Gasteiger partial charge on any atom is 0.312 e. The van der Waals surface area contributed by atoms with Crippen LogP contribution in [0.5, 0.6) is 0 Å². The first-order valence-corrected chi connectivity index (χ1v) is 8.96. The Hall–Kier alpha value is -2.67. The van der Waals surface area contributed by atoms with E-state index in [0.717, 1.165) is 22.6 Å². The molecule has 1 amide bonds. The number of carbonyl (C=O) groups is 2. The number of hydrogen-bond donors (Lipinski definition) is 0. The van der Waals surface area contributed by atoms with Gasteiger partial charge in [0.05, 0.1) is 12.1 Å². The first-order chi connectivity index (χ1) is 12.1. The maximum atomic E-state index is 12.5. The molecule has 1 atom stereocenters. The van der Waals surface area contributed by atoms with Gasteiger partial charge in [0.1, 0.15) is 0 Å². The van der Waals surface area contributed by atoms with Crippen molar-refractivity contribution in [3.63, 3.8) is 0 Å². The van der Waals surface area contributed by atoms with Gasteiger partial charge in [-0.3, -0.25) is 14.0 Å². The minimum atomic E-state index is -0.445. The van der Waals surface area contributed by atoms with E-state index >= 15 is 0 Å². The number of thiazole rings is 1. The van der Waals surface area contributed by atoms with Gasteiger partial charge < -0.3 is 9.64 Å². The summed E-state index contributed by atoms with van der Waals surface area (Å²) < 4.78 is 7.04. The number of nitrogens with zero attached hydrogens (tertiary/aromatic N) is 3. The van der Waals surface area contributed by atoms with Crippen molar-refractivity contribution in [2.45, 2.75) is 25.8 Å². The van der Waals surface area contributed by atoms with Crippen LogP contribution >= 0.6 is 11.3 Å². The lowest BCUT2D eigenvalue weighted by atomic mass is 10.1. The van der Waals surface area contributed by atoms with Gasteiger partial charge in [0.25, 0.3) is 5.91 Å². The predicted octanol–water partition coefficient (Wildman–Crippen LogP) is 2.46. The Kier molecular flexibility index (Phi) is 4.01. The summed E-state index contributed by atoms with van der Waals surface area (Å²) >= 11 is 1.50. The van der Waals surface area contributed by atoms with Crippen LogP contribution in [0.15, 0.2) is 42.0 Å². The van der Waals surface area contributed by atoms with Gasteiger partial charge in [-0.15, -0.1) is 11.3 Å². The van der Waals surface area contributed by atoms with Gasteiger partial charge in [-0.25, -0.2) is 4.98 Å². The molecule has 25 heavy (non-hydrogen) atoms. The summed E-state index contributed by atoms with van der Waals surface area (Å²) in [5.74, 6) is -0.643. The molecule has 2 aromatic heterocycles. The van der Waals surface area contributed by atoms with Gasteiger partial charge in [0.2, 0.25) is 0 Å². The molecule has 4 rings (SSSR count). The normalized spacial score (nSPS) is 16.2. The van der Waals surface area contributed by atoms with Crippen LogP contribution in [0.2, 0.25) is 0 Å². The van der Waals surface area contributed by atoms with E-state index in [4.69, 9.17) is 4.74 Å². The van der Waals surface area contributed by atoms with E-state index in [1.54, 1.807) is 11.1 Å². The van der Waals surface area contributed by atoms with Crippen LogP contribution in [-0.4, -0.2) is 33.9 Å². The zero-order valence-corrected chi connectivity index (χ0v) is 14.5. The number of carbonyl (C=O) groups excluding carboxylic acids is 2. The largest absolute Gasteiger partial charge is 0.455 e. The summed E-state index contributed by atoms with van der Waals surface area (Å²) in [5.41, 5.74) is 2.70. The Morgan fingerprint density at radius 2 is 2.20 bits per heavy atom. The molecule has 1 unspecified atom stereocenters. The molecule has 0 fully saturated rings. The van der Waals surface area contributed by atoms with Gasteiger partial charge in [-0.05, 0) is 25.0 Å². The van der Waals surface area contributed by atoms with Crippen molar-refractivity contribution in [1.82, 2.24) is 9.38 Å². The molecule has 1 aliphatic heterocycles. The molecule has 1 aliphatic rings. The van der Waals surface area contributed by atoms with Crippen molar-refractivity contribution in [2.75, 3.05) is 11.5 Å². The molecular weight excluding hydrogens is 338 g/mol. The number of fused-ring (bicyclic) bond motifs is 2. The molecule has 0 bridgehead atoms. The molecule has 0 spiro atoms. The van der Waals surface area contributed by atoms with Gasteiger partial charge in [0.15, 0.2) is 11.6 Å². The van der Waals surface area contributed by atoms with E-state index in [1.165, 1.54) is 11.3 Å². The van der Waals surface area contributed by atoms with Gasteiger partial charge in [-0.2, -0.15) is 0 Å². The lowest BCUT2D eigenvalue weighted by Crippen LogP contribution is -2.38. The predicted molar refractivity (Wildman–Crippen MR) is 94.8 cm³/mol. The third-order valence-corrected chi connectivity index (χ3v) is 5.07. The second-order valence-electron chi connectivity index (χ2n) is 6.11. The molecule has 3 heterocycles. The Labute approximate surface area is 148 Å². The fourth-order valence-electron chi connectivity index (χ4n) is 3.22. The van der Waals surface area contributed by atoms with Gasteiger partial charge in [-0.1, -0.05) is 18.2 Å². The molecule has 3 aromatic rings. The van der Waals surface area contributed by atoms with E-state index in [1.807, 2.05) is 47.2 Å². The van der Waals surface area contributed by atoms with Crippen LogP contribution in [0.3, 0.4) is 0 Å². The number of hydrogen-bond acceptors (Lipinski definition) is 5. The first kappa shape index (κ1) is 15.8. The average molecular weight is 355 g/mol. The Bertz CT molecular complexity index is 917. The van der Waals surface area contributed by atoms with Crippen molar-refractivity contribution < 1.29 is 14.3 Å². The van der Waals surface area contributed by atoms with Crippen LogP contribution in [0.1, 0.15) is 18.2 Å². The van der Waals surface area contributed by atoms with Crippen molar-refractivity contribution in [2.24, 2.45) is 0 Å². The third kappa shape index (κ3) is 3.02. The minimum Gasteiger partial charge on any atom is -0.455 e. The number of anilines is 1. The van der Waals surface area contributed by atoms with Crippen molar-refractivity contribution >= 4 is 33.9 Å². The molecule has 1 aromatic carbocycles. The smallest absolute Gasteiger partial charge is 0.312 e. The second-order valence-corrected chi connectivity index (χ2v) is 6.98. The second kappa shape index (κ2) is 6.33. The number of imidazole rings is 1. The highest BCUT2D eigenvalue weighted by Crippen LogP contribution is 2.31. The fraction of sp³-hybridized carbons (Fsp3) is 0.278. The summed E-state index contributed by atoms with van der Waals surface area (Å²) in [6, 6.07) is 7.90. The molecule has 7 heteroatoms. The minimum absolute atomic E-state index is 0.0633. The standard InChI is InChI=1S/C18H17N3O3S/c1-12-8-13-4-2-3-5-15(13)21(12)16(22)11-24-17(23)9-14-10-20-6-7-25-18(20)19-14/h2-7,10,12H,8-9,11H2,1H3. The SMILES string of the molecule is CC1Cc2ccccc2N1C(=O)COC(=O)Cc1cn2ccsc2n1. The number of aromatic nitrogens is 2. The topological polar surface area (TPSA) is 63.9 Å². The molecule has 6 nitrogen and oxygen atoms in total. The van der Waals surface area contributed by atoms with Crippen LogP contribution in [0, 0.1) is 0 Å². The number of esters is 1. The number of amides is 1. The molecule has 0 N–H and O–H groups in total. The van der Waals surface area contributed by atoms with E-state index in [-0.39, 0.29) is 25.0 Å². The summed E-state index contributed by atoms with van der Waals surface area (Å²) in [6.45, 7) is 1.75. The Balaban J connectivity index is 1.37. The molecule has 0 saturated heterocycles. The van der Waals surface area contributed by atoms with Crippen molar-refractivity contribution in [1.29, 1.82) is 0 Å². The maximum absolute atomic E-state index is 12.5. The Morgan fingerprint density at radius 1 is 1.36 bits per heavy atom. The highest BCUT2D eigenvalue weighted by molar-refractivity contribution is 7.15. The van der Waals surface area contributed by atoms with Crippen LogP contribution in [-0.2, 0) is 27.2 Å². The third-order valence-electron chi connectivity index (χ3n) is 4.30. The van der Waals surface area contributed by atoms with E-state index in [2.05, 4.69) is 4.98 Å². The van der Waals surface area contributed by atoms with Gasteiger partial charge in [0, 0.05) is 29.5 Å². The van der Waals surface area contributed by atoms with Crippen LogP contribution < -0.4 is 4.90 Å². The number of ether oxygens (including phenoxy) is 1. The monoisotopic (exact) mass is 355 g/mol. The zero-order valence-electron chi connectivity index (χ0n) is 13.7. The van der Waals surface area contributed by atoms with Gasteiger partial charge >= 0.3 is 5.97 Å². The lowest BCUT2D eigenvalue weighted by molar-refractivity contribution is -0.147. The number of benzene rings is 1. The quantitative estimate of drug-likeness (QED) is 0.675. The summed E-state index contributed by atoms with van der Waals surface area (Å²) in [5, 5.41) is 1.93. The Morgan fingerprint density at radius 3 is 3.04 bits per heavy atom. The van der Waals surface area contributed by atoms with Crippen LogP contribution in [0.4, 0.5) is 5.69 Å². The summed E-state index contributed by atoms with van der Waals surface area (Å²) in [7, 11) is 0. The number of rotatable bonds is 4. The van der Waals surface area contributed by atoms with E-state index < -0.39 is 5.97 Å². The molecule has 0 saturated carbocycles. The molecule has 0 aliphatic carbocycles. The van der Waals surface area contributed by atoms with Crippen molar-refractivity contribution in [3.8, 4) is 0 Å². The highest BCUT2D eigenvalue weighted by Gasteiger charge is 2.30. The zero-order chi connectivity index (χ0) is 17.4. The van der Waals surface area contributed by atoms with E-state index in [0.29, 0.717) is 5.69 Å². The number of para-hydroxylation sites is 1. The average Bonchev–Trinajstić information content (AvgIpc) is 3.24. The molecule has 0 radical (unpaired) electrons. The summed E-state index contributed by atoms with van der Waals surface area (Å²) in [6.07, 6.45) is 4.57. The van der Waals surface area contributed by atoms with E-state index in [9.17, 15) is 9.59 Å². The first-order valence-electron chi connectivity index (χ1n) is 8.08. The van der Waals surface area contributed by atoms with Crippen molar-refractivity contribution in [3.05, 3.63) is 53.3 Å².